The van der Waals surface area contributed by atoms with Crippen LogP contribution >= 0.6 is 0 Å². The molecule has 1 aliphatic carbocycles. The van der Waals surface area contributed by atoms with Crippen molar-refractivity contribution in [3.63, 3.8) is 0 Å². The second-order valence-electron chi connectivity index (χ2n) is 5.29. The van der Waals surface area contributed by atoms with E-state index in [0.29, 0.717) is 6.04 Å². The summed E-state index contributed by atoms with van der Waals surface area (Å²) < 4.78 is 0. The van der Waals surface area contributed by atoms with Gasteiger partial charge in [0.2, 0.25) is 0 Å². The summed E-state index contributed by atoms with van der Waals surface area (Å²) in [6, 6.07) is 8.92. The van der Waals surface area contributed by atoms with Gasteiger partial charge in [-0.15, -0.1) is 0 Å². The van der Waals surface area contributed by atoms with Gasteiger partial charge in [-0.2, -0.15) is 5.10 Å². The molecule has 2 heterocycles. The number of rotatable bonds is 2. The molecule has 1 aliphatic rings. The van der Waals surface area contributed by atoms with Gasteiger partial charge in [0.15, 0.2) is 0 Å². The topological polar surface area (TPSA) is 53.6 Å². The zero-order valence-corrected chi connectivity index (χ0v) is 10.7. The zero-order valence-electron chi connectivity index (χ0n) is 10.7. The number of anilines is 1. The molecule has 0 saturated heterocycles. The minimum absolute atomic E-state index is 0.598. The first-order chi connectivity index (χ1) is 9.40. The number of fused-ring (bicyclic) bond motifs is 3. The van der Waals surface area contributed by atoms with Gasteiger partial charge in [0.25, 0.3) is 0 Å². The van der Waals surface area contributed by atoms with Crippen molar-refractivity contribution in [3.8, 4) is 0 Å². The van der Waals surface area contributed by atoms with Crippen LogP contribution in [-0.2, 0) is 0 Å². The Hall–Kier alpha value is -2.10. The Labute approximate surface area is 111 Å². The SMILES string of the molecule is c1cc2c(ccc3cn[nH]c32)nc1NC1CCCC1. The molecule has 1 fully saturated rings. The van der Waals surface area contributed by atoms with E-state index in [-0.39, 0.29) is 0 Å². The van der Waals surface area contributed by atoms with Crippen LogP contribution in [0.25, 0.3) is 21.8 Å². The molecule has 2 N–H and O–H groups in total. The van der Waals surface area contributed by atoms with Crippen LogP contribution in [0.5, 0.6) is 0 Å². The first-order valence-electron chi connectivity index (χ1n) is 6.89. The predicted molar refractivity (Wildman–Crippen MR) is 77.3 cm³/mol. The highest BCUT2D eigenvalue weighted by Gasteiger charge is 2.15. The second-order valence-corrected chi connectivity index (χ2v) is 5.29. The number of benzene rings is 1. The minimum atomic E-state index is 0.598. The fourth-order valence-electron chi connectivity index (χ4n) is 2.98. The maximum absolute atomic E-state index is 4.71. The van der Waals surface area contributed by atoms with Gasteiger partial charge >= 0.3 is 0 Å². The summed E-state index contributed by atoms with van der Waals surface area (Å²) >= 11 is 0. The summed E-state index contributed by atoms with van der Waals surface area (Å²) in [5.74, 6) is 0.985. The summed E-state index contributed by atoms with van der Waals surface area (Å²) in [6.07, 6.45) is 7.04. The molecule has 2 aromatic heterocycles. The molecule has 0 aliphatic heterocycles. The summed E-state index contributed by atoms with van der Waals surface area (Å²) in [5.41, 5.74) is 2.08. The second kappa shape index (κ2) is 4.23. The smallest absolute Gasteiger partial charge is 0.126 e. The van der Waals surface area contributed by atoms with Gasteiger partial charge in [-0.25, -0.2) is 4.98 Å². The van der Waals surface area contributed by atoms with E-state index in [9.17, 15) is 0 Å². The minimum Gasteiger partial charge on any atom is -0.367 e. The van der Waals surface area contributed by atoms with Gasteiger partial charge in [0.1, 0.15) is 5.82 Å². The largest absolute Gasteiger partial charge is 0.367 e. The summed E-state index contributed by atoms with van der Waals surface area (Å²) in [6.45, 7) is 0. The lowest BCUT2D eigenvalue weighted by molar-refractivity contribution is 0.751. The lowest BCUT2D eigenvalue weighted by Crippen LogP contribution is -2.15. The quantitative estimate of drug-likeness (QED) is 0.734. The summed E-state index contributed by atoms with van der Waals surface area (Å²) in [5, 5.41) is 12.9. The Kier molecular flexibility index (Phi) is 2.40. The Balaban J connectivity index is 1.76. The molecule has 4 heteroatoms. The van der Waals surface area contributed by atoms with Crippen molar-refractivity contribution in [2.45, 2.75) is 31.7 Å². The van der Waals surface area contributed by atoms with E-state index >= 15 is 0 Å². The molecule has 0 amide bonds. The molecule has 0 radical (unpaired) electrons. The highest BCUT2D eigenvalue weighted by molar-refractivity contribution is 6.03. The van der Waals surface area contributed by atoms with Gasteiger partial charge in [-0.3, -0.25) is 5.10 Å². The molecule has 3 aromatic rings. The van der Waals surface area contributed by atoms with Crippen LogP contribution in [0.15, 0.2) is 30.5 Å². The number of pyridine rings is 1. The van der Waals surface area contributed by atoms with Crippen LogP contribution in [0, 0.1) is 0 Å². The van der Waals surface area contributed by atoms with Gasteiger partial charge in [0, 0.05) is 16.8 Å². The van der Waals surface area contributed by atoms with Crippen molar-refractivity contribution in [3.05, 3.63) is 30.5 Å². The fraction of sp³-hybridized carbons (Fsp3) is 0.333. The van der Waals surface area contributed by atoms with E-state index < -0.39 is 0 Å². The third kappa shape index (κ3) is 1.84. The average molecular weight is 252 g/mol. The molecule has 4 rings (SSSR count). The van der Waals surface area contributed by atoms with Crippen molar-refractivity contribution < 1.29 is 0 Å². The molecular formula is C15H16N4. The Morgan fingerprint density at radius 3 is 2.89 bits per heavy atom. The number of hydrogen-bond donors (Lipinski definition) is 2. The van der Waals surface area contributed by atoms with Crippen LogP contribution in [0.3, 0.4) is 0 Å². The van der Waals surface area contributed by atoms with E-state index in [1.54, 1.807) is 0 Å². The lowest BCUT2D eigenvalue weighted by Gasteiger charge is -2.13. The molecule has 0 bridgehead atoms. The molecule has 1 saturated carbocycles. The lowest BCUT2D eigenvalue weighted by atomic mass is 10.1. The fourth-order valence-corrected chi connectivity index (χ4v) is 2.98. The van der Waals surface area contributed by atoms with E-state index in [4.69, 9.17) is 4.98 Å². The first kappa shape index (κ1) is 10.8. The van der Waals surface area contributed by atoms with Gasteiger partial charge < -0.3 is 5.32 Å². The standard InChI is InChI=1S/C15H16N4/c1-2-4-11(3-1)17-14-8-6-12-13(18-14)7-5-10-9-16-19-15(10)12/h5-9,11H,1-4H2,(H,16,19)(H,17,18). The van der Waals surface area contributed by atoms with Gasteiger partial charge in [-0.1, -0.05) is 12.8 Å². The van der Waals surface area contributed by atoms with Crippen molar-refractivity contribution in [2.24, 2.45) is 0 Å². The van der Waals surface area contributed by atoms with Crippen LogP contribution in [0.4, 0.5) is 5.82 Å². The highest BCUT2D eigenvalue weighted by Crippen LogP contribution is 2.25. The number of nitrogens with one attached hydrogen (secondary N) is 2. The number of hydrogen-bond acceptors (Lipinski definition) is 3. The number of aromatic amines is 1. The van der Waals surface area contributed by atoms with Gasteiger partial charge in [0.05, 0.1) is 17.2 Å². The van der Waals surface area contributed by atoms with Crippen molar-refractivity contribution >= 4 is 27.6 Å². The first-order valence-corrected chi connectivity index (χ1v) is 6.89. The predicted octanol–water partition coefficient (Wildman–Crippen LogP) is 3.47. The van der Waals surface area contributed by atoms with Crippen molar-refractivity contribution in [1.29, 1.82) is 0 Å². The van der Waals surface area contributed by atoms with E-state index in [2.05, 4.69) is 39.8 Å². The van der Waals surface area contributed by atoms with Crippen LogP contribution in [0.1, 0.15) is 25.7 Å². The Morgan fingerprint density at radius 1 is 1.11 bits per heavy atom. The number of aromatic nitrogens is 3. The molecule has 4 nitrogen and oxygen atoms in total. The van der Waals surface area contributed by atoms with Crippen LogP contribution in [-0.4, -0.2) is 21.2 Å². The number of nitrogens with zero attached hydrogens (tertiary/aromatic N) is 2. The third-order valence-electron chi connectivity index (χ3n) is 3.99. The van der Waals surface area contributed by atoms with Crippen molar-refractivity contribution in [1.82, 2.24) is 15.2 Å². The number of H-pyrrole nitrogens is 1. The Morgan fingerprint density at radius 2 is 2.00 bits per heavy atom. The molecule has 0 atom stereocenters. The molecule has 19 heavy (non-hydrogen) atoms. The maximum atomic E-state index is 4.71. The molecule has 0 unspecified atom stereocenters. The average Bonchev–Trinajstić information content (AvgIpc) is 3.08. The van der Waals surface area contributed by atoms with E-state index in [1.807, 2.05) is 6.20 Å². The van der Waals surface area contributed by atoms with Crippen molar-refractivity contribution in [2.75, 3.05) is 5.32 Å². The maximum Gasteiger partial charge on any atom is 0.126 e. The summed E-state index contributed by atoms with van der Waals surface area (Å²) in [4.78, 5) is 4.71. The zero-order chi connectivity index (χ0) is 12.7. The van der Waals surface area contributed by atoms with Crippen LogP contribution in [0.2, 0.25) is 0 Å². The monoisotopic (exact) mass is 252 g/mol. The Bertz CT molecular complexity index is 725. The molecule has 1 aromatic carbocycles. The molecule has 0 spiro atoms. The van der Waals surface area contributed by atoms with E-state index in [1.165, 1.54) is 25.7 Å². The molecular weight excluding hydrogens is 236 g/mol. The summed E-state index contributed by atoms with van der Waals surface area (Å²) in [7, 11) is 0. The van der Waals surface area contributed by atoms with E-state index in [0.717, 1.165) is 27.6 Å². The van der Waals surface area contributed by atoms with Gasteiger partial charge in [-0.05, 0) is 37.1 Å². The third-order valence-corrected chi connectivity index (χ3v) is 3.99. The molecule has 96 valence electrons. The van der Waals surface area contributed by atoms with Crippen LogP contribution < -0.4 is 5.32 Å². The highest BCUT2D eigenvalue weighted by atomic mass is 15.1. The normalized spacial score (nSPS) is 16.4.